The number of benzene rings is 1. The van der Waals surface area contributed by atoms with E-state index in [2.05, 4.69) is 36.6 Å². The largest absolute Gasteiger partial charge is 0.351 e. The van der Waals surface area contributed by atoms with Crippen LogP contribution in [0.3, 0.4) is 0 Å². The molecule has 8 heteroatoms. The van der Waals surface area contributed by atoms with Gasteiger partial charge in [-0.05, 0) is 67.6 Å². The van der Waals surface area contributed by atoms with Crippen LogP contribution in [0.1, 0.15) is 35.1 Å². The third-order valence-electron chi connectivity index (χ3n) is 5.74. The molecule has 0 aliphatic carbocycles. The fourth-order valence-corrected chi connectivity index (χ4v) is 4.22. The minimum atomic E-state index is 0.327. The summed E-state index contributed by atoms with van der Waals surface area (Å²) >= 11 is 6.25. The molecule has 3 aromatic rings. The van der Waals surface area contributed by atoms with Crippen LogP contribution in [0, 0.1) is 25.2 Å². The Morgan fingerprint density at radius 3 is 2.59 bits per heavy atom. The average molecular weight is 448 g/mol. The van der Waals surface area contributed by atoms with Crippen molar-refractivity contribution in [2.24, 2.45) is 0 Å². The summed E-state index contributed by atoms with van der Waals surface area (Å²) in [6.45, 7) is 6.79. The zero-order valence-corrected chi connectivity index (χ0v) is 19.0. The smallest absolute Gasteiger partial charge is 0.224 e. The summed E-state index contributed by atoms with van der Waals surface area (Å²) in [4.78, 5) is 15.5. The van der Waals surface area contributed by atoms with Crippen LogP contribution in [0.5, 0.6) is 0 Å². The van der Waals surface area contributed by atoms with Crippen molar-refractivity contribution in [3.05, 3.63) is 70.1 Å². The van der Waals surface area contributed by atoms with Crippen molar-refractivity contribution >= 4 is 29.1 Å². The van der Waals surface area contributed by atoms with Crippen molar-refractivity contribution in [2.75, 3.05) is 23.7 Å². The number of hydrogen-bond donors (Lipinski definition) is 2. The van der Waals surface area contributed by atoms with E-state index in [0.29, 0.717) is 17.6 Å². The monoisotopic (exact) mass is 447 g/mol. The molecule has 0 saturated carbocycles. The van der Waals surface area contributed by atoms with E-state index in [1.807, 2.05) is 38.1 Å². The SMILES string of the molecule is Cc1cc(C#N)cc(C)c1Nc1ccnc(NC2CCN(Cc3ccncc3Cl)CC2)n1. The lowest BCUT2D eigenvalue weighted by Gasteiger charge is -2.32. The van der Waals surface area contributed by atoms with Crippen LogP contribution in [-0.2, 0) is 6.54 Å². The van der Waals surface area contributed by atoms with E-state index in [9.17, 15) is 0 Å². The molecule has 1 aliphatic rings. The number of rotatable bonds is 6. The van der Waals surface area contributed by atoms with Crippen LogP contribution >= 0.6 is 11.6 Å². The third kappa shape index (κ3) is 5.34. The molecule has 0 unspecified atom stereocenters. The van der Waals surface area contributed by atoms with Gasteiger partial charge < -0.3 is 10.6 Å². The fraction of sp³-hybridized carbons (Fsp3) is 0.333. The Morgan fingerprint density at radius 1 is 1.16 bits per heavy atom. The molecule has 0 radical (unpaired) electrons. The molecule has 1 aromatic carbocycles. The lowest BCUT2D eigenvalue weighted by molar-refractivity contribution is 0.211. The highest BCUT2D eigenvalue weighted by Gasteiger charge is 2.20. The lowest BCUT2D eigenvalue weighted by Crippen LogP contribution is -2.39. The van der Waals surface area contributed by atoms with Crippen molar-refractivity contribution in [1.82, 2.24) is 19.9 Å². The topological polar surface area (TPSA) is 89.8 Å². The second kappa shape index (κ2) is 9.94. The Balaban J connectivity index is 1.35. The highest BCUT2D eigenvalue weighted by molar-refractivity contribution is 6.31. The quantitative estimate of drug-likeness (QED) is 0.559. The van der Waals surface area contributed by atoms with E-state index < -0.39 is 0 Å². The van der Waals surface area contributed by atoms with E-state index in [-0.39, 0.29) is 0 Å². The van der Waals surface area contributed by atoms with Crippen molar-refractivity contribution < 1.29 is 0 Å². The van der Waals surface area contributed by atoms with Crippen molar-refractivity contribution in [3.63, 3.8) is 0 Å². The second-order valence-electron chi connectivity index (χ2n) is 8.15. The molecule has 7 nitrogen and oxygen atoms in total. The number of aryl methyl sites for hydroxylation is 2. The van der Waals surface area contributed by atoms with E-state index in [1.54, 1.807) is 18.6 Å². The lowest BCUT2D eigenvalue weighted by atomic mass is 10.0. The highest BCUT2D eigenvalue weighted by Crippen LogP contribution is 2.26. The molecule has 1 fully saturated rings. The normalized spacial score (nSPS) is 14.7. The van der Waals surface area contributed by atoms with Gasteiger partial charge in [0.1, 0.15) is 5.82 Å². The Morgan fingerprint density at radius 2 is 1.91 bits per heavy atom. The van der Waals surface area contributed by atoms with Gasteiger partial charge in [0, 0.05) is 50.0 Å². The predicted molar refractivity (Wildman–Crippen MR) is 127 cm³/mol. The molecule has 1 aliphatic heterocycles. The summed E-state index contributed by atoms with van der Waals surface area (Å²) in [5, 5.41) is 16.7. The molecule has 2 aromatic heterocycles. The average Bonchev–Trinajstić information content (AvgIpc) is 2.79. The number of likely N-dealkylation sites (tertiary alicyclic amines) is 1. The summed E-state index contributed by atoms with van der Waals surface area (Å²) in [5.74, 6) is 1.35. The number of halogens is 1. The number of nitrogens with one attached hydrogen (secondary N) is 2. The van der Waals surface area contributed by atoms with Crippen molar-refractivity contribution in [3.8, 4) is 6.07 Å². The standard InChI is InChI=1S/C24H26ClN7/c1-16-11-18(13-26)12-17(2)23(16)30-22-4-8-28-24(31-22)29-20-5-9-32(10-6-20)15-19-3-7-27-14-21(19)25/h3-4,7-8,11-12,14,20H,5-6,9-10,15H2,1-2H3,(H2,28,29,30,31). The molecule has 1 saturated heterocycles. The summed E-state index contributed by atoms with van der Waals surface area (Å²) < 4.78 is 0. The molecule has 0 amide bonds. The first kappa shape index (κ1) is 22.0. The van der Waals surface area contributed by atoms with Gasteiger partial charge in [-0.1, -0.05) is 11.6 Å². The molecular weight excluding hydrogens is 422 g/mol. The van der Waals surface area contributed by atoms with Gasteiger partial charge in [-0.3, -0.25) is 9.88 Å². The zero-order chi connectivity index (χ0) is 22.5. The summed E-state index contributed by atoms with van der Waals surface area (Å²) in [6.07, 6.45) is 7.26. The number of piperidine rings is 1. The summed E-state index contributed by atoms with van der Waals surface area (Å²) in [5.41, 5.74) is 4.76. The fourth-order valence-electron chi connectivity index (χ4n) is 4.04. The van der Waals surface area contributed by atoms with Crippen molar-refractivity contribution in [1.29, 1.82) is 5.26 Å². The minimum Gasteiger partial charge on any atom is -0.351 e. The van der Waals surface area contributed by atoms with Crippen LogP contribution in [0.2, 0.25) is 5.02 Å². The van der Waals surface area contributed by atoms with Gasteiger partial charge in [-0.25, -0.2) is 4.98 Å². The summed E-state index contributed by atoms with van der Waals surface area (Å²) in [7, 11) is 0. The zero-order valence-electron chi connectivity index (χ0n) is 18.3. The molecule has 32 heavy (non-hydrogen) atoms. The van der Waals surface area contributed by atoms with Gasteiger partial charge in [-0.15, -0.1) is 0 Å². The molecule has 0 spiro atoms. The van der Waals surface area contributed by atoms with E-state index in [4.69, 9.17) is 16.9 Å². The maximum absolute atomic E-state index is 9.15. The first-order valence-corrected chi connectivity index (χ1v) is 11.1. The van der Waals surface area contributed by atoms with E-state index >= 15 is 0 Å². The summed E-state index contributed by atoms with van der Waals surface area (Å²) in [6, 6.07) is 10.1. The molecule has 0 bridgehead atoms. The van der Waals surface area contributed by atoms with Gasteiger partial charge in [0.2, 0.25) is 5.95 Å². The number of pyridine rings is 1. The number of aromatic nitrogens is 3. The van der Waals surface area contributed by atoms with E-state index in [1.165, 1.54) is 0 Å². The maximum Gasteiger partial charge on any atom is 0.224 e. The predicted octanol–water partition coefficient (Wildman–Crippen LogP) is 4.83. The van der Waals surface area contributed by atoms with Crippen LogP contribution in [-0.4, -0.2) is 39.0 Å². The van der Waals surface area contributed by atoms with E-state index in [0.717, 1.165) is 65.7 Å². The van der Waals surface area contributed by atoms with Crippen molar-refractivity contribution in [2.45, 2.75) is 39.3 Å². The van der Waals surface area contributed by atoms with Gasteiger partial charge in [0.05, 0.1) is 16.7 Å². The first-order valence-electron chi connectivity index (χ1n) is 10.7. The number of nitriles is 1. The molecule has 164 valence electrons. The number of anilines is 3. The van der Waals surface area contributed by atoms with Crippen LogP contribution in [0.15, 0.2) is 42.9 Å². The number of hydrogen-bond acceptors (Lipinski definition) is 7. The maximum atomic E-state index is 9.15. The third-order valence-corrected chi connectivity index (χ3v) is 6.08. The Kier molecular flexibility index (Phi) is 6.84. The van der Waals surface area contributed by atoms with Gasteiger partial charge >= 0.3 is 0 Å². The first-order chi connectivity index (χ1) is 15.5. The Hall–Kier alpha value is -3.21. The molecular formula is C24H26ClN7. The van der Waals surface area contributed by atoms with Crippen LogP contribution < -0.4 is 10.6 Å². The Labute approximate surface area is 193 Å². The van der Waals surface area contributed by atoms with Gasteiger partial charge in [-0.2, -0.15) is 10.2 Å². The Bertz CT molecular complexity index is 1110. The molecule has 2 N–H and O–H groups in total. The van der Waals surface area contributed by atoms with Crippen LogP contribution in [0.4, 0.5) is 17.5 Å². The molecule has 4 rings (SSSR count). The number of nitrogens with zero attached hydrogens (tertiary/aromatic N) is 5. The van der Waals surface area contributed by atoms with Gasteiger partial charge in [0.15, 0.2) is 0 Å². The highest BCUT2D eigenvalue weighted by atomic mass is 35.5. The molecule has 0 atom stereocenters. The molecule has 3 heterocycles. The minimum absolute atomic E-state index is 0.327. The van der Waals surface area contributed by atoms with Crippen LogP contribution in [0.25, 0.3) is 0 Å². The second-order valence-corrected chi connectivity index (χ2v) is 8.56. The van der Waals surface area contributed by atoms with Gasteiger partial charge in [0.25, 0.3) is 0 Å².